The molecule has 0 heterocycles. The highest BCUT2D eigenvalue weighted by Crippen LogP contribution is 2.61. The zero-order valence-electron chi connectivity index (χ0n) is 20.6. The Balaban J connectivity index is 1.18. The van der Waals surface area contributed by atoms with E-state index in [1.54, 1.807) is 0 Å². The van der Waals surface area contributed by atoms with Crippen molar-refractivity contribution < 1.29 is 19.4 Å². The van der Waals surface area contributed by atoms with E-state index in [2.05, 4.69) is 19.9 Å². The molecule has 0 bridgehead atoms. The van der Waals surface area contributed by atoms with Gasteiger partial charge >= 0.3 is 5.97 Å². The molecule has 2 aromatic carbocycles. The first kappa shape index (κ1) is 23.3. The molecular weight excluding hydrogens is 424 g/mol. The lowest BCUT2D eigenvalue weighted by atomic mass is 9.55. The molecule has 182 valence electrons. The van der Waals surface area contributed by atoms with E-state index < -0.39 is 0 Å². The number of carbonyl (C=O) groups is 1. The second-order valence-electron chi connectivity index (χ2n) is 10.9. The smallest absolute Gasteiger partial charge is 0.306 e. The molecule has 0 unspecified atom stereocenters. The number of phenolic OH excluding ortho intramolecular Hbond substituents is 1. The first-order chi connectivity index (χ1) is 16.5. The predicted octanol–water partition coefficient (Wildman–Crippen LogP) is 6.58. The third-order valence-corrected chi connectivity index (χ3v) is 8.91. The minimum atomic E-state index is -0.0650. The summed E-state index contributed by atoms with van der Waals surface area (Å²) < 4.78 is 11.8. The average molecular weight is 463 g/mol. The largest absolute Gasteiger partial charge is 0.508 e. The number of carbonyl (C=O) groups excluding carboxylic acids is 1. The normalized spacial score (nSPS) is 29.6. The highest BCUT2D eigenvalue weighted by Gasteiger charge is 2.56. The Morgan fingerprint density at radius 1 is 1.09 bits per heavy atom. The zero-order chi connectivity index (χ0) is 23.7. The second-order valence-corrected chi connectivity index (χ2v) is 10.9. The van der Waals surface area contributed by atoms with Gasteiger partial charge in [-0.3, -0.25) is 4.79 Å². The lowest BCUT2D eigenvalue weighted by Gasteiger charge is -2.50. The molecule has 4 nitrogen and oxygen atoms in total. The van der Waals surface area contributed by atoms with Crippen LogP contribution in [0, 0.1) is 17.3 Å². The van der Waals surface area contributed by atoms with Crippen LogP contribution in [0.15, 0.2) is 42.5 Å². The Kier molecular flexibility index (Phi) is 6.59. The summed E-state index contributed by atoms with van der Waals surface area (Å²) in [7, 11) is 0. The Hall–Kier alpha value is -2.49. The van der Waals surface area contributed by atoms with E-state index in [-0.39, 0.29) is 17.5 Å². The quantitative estimate of drug-likeness (QED) is 0.472. The zero-order valence-corrected chi connectivity index (χ0v) is 20.6. The minimum absolute atomic E-state index is 0.0389. The molecule has 4 heteroatoms. The number of esters is 1. The molecular formula is C30H38O4. The molecule has 5 rings (SSSR count). The molecule has 2 aromatic rings. The van der Waals surface area contributed by atoms with Gasteiger partial charge in [0, 0.05) is 11.8 Å². The van der Waals surface area contributed by atoms with Gasteiger partial charge in [0.25, 0.3) is 0 Å². The highest BCUT2D eigenvalue weighted by atomic mass is 16.5. The van der Waals surface area contributed by atoms with E-state index in [4.69, 9.17) is 9.47 Å². The molecule has 34 heavy (non-hydrogen) atoms. The summed E-state index contributed by atoms with van der Waals surface area (Å²) in [6.45, 7) is 5.20. The van der Waals surface area contributed by atoms with Gasteiger partial charge in [0.1, 0.15) is 17.6 Å². The van der Waals surface area contributed by atoms with E-state index >= 15 is 0 Å². The van der Waals surface area contributed by atoms with Crippen molar-refractivity contribution in [2.24, 2.45) is 17.3 Å². The van der Waals surface area contributed by atoms with Crippen LogP contribution in [-0.4, -0.2) is 23.8 Å². The van der Waals surface area contributed by atoms with E-state index in [0.717, 1.165) is 56.4 Å². The van der Waals surface area contributed by atoms with Gasteiger partial charge in [0.05, 0.1) is 6.61 Å². The van der Waals surface area contributed by atoms with Crippen LogP contribution in [0.3, 0.4) is 0 Å². The van der Waals surface area contributed by atoms with Crippen LogP contribution in [0.2, 0.25) is 0 Å². The van der Waals surface area contributed by atoms with Gasteiger partial charge < -0.3 is 14.6 Å². The highest BCUT2D eigenvalue weighted by molar-refractivity contribution is 5.70. The molecule has 0 radical (unpaired) electrons. The summed E-state index contributed by atoms with van der Waals surface area (Å²) >= 11 is 0. The van der Waals surface area contributed by atoms with E-state index in [1.165, 1.54) is 17.5 Å². The minimum Gasteiger partial charge on any atom is -0.508 e. The fourth-order valence-electron chi connectivity index (χ4n) is 7.15. The molecule has 3 aliphatic rings. The number of benzene rings is 2. The summed E-state index contributed by atoms with van der Waals surface area (Å²) in [5, 5.41) is 9.90. The summed E-state index contributed by atoms with van der Waals surface area (Å²) in [4.78, 5) is 12.8. The molecule has 0 spiro atoms. The molecule has 2 saturated carbocycles. The molecule has 1 N–H and O–H groups in total. The maximum atomic E-state index is 12.8. The Morgan fingerprint density at radius 3 is 2.71 bits per heavy atom. The van der Waals surface area contributed by atoms with Crippen LogP contribution in [0.25, 0.3) is 0 Å². The van der Waals surface area contributed by atoms with Gasteiger partial charge in [-0.2, -0.15) is 0 Å². The summed E-state index contributed by atoms with van der Waals surface area (Å²) in [6, 6.07) is 14.0. The Labute approximate surface area is 203 Å². The summed E-state index contributed by atoms with van der Waals surface area (Å²) in [5.41, 5.74) is 4.01. The van der Waals surface area contributed by atoms with Crippen molar-refractivity contribution in [3.05, 3.63) is 59.2 Å². The first-order valence-corrected chi connectivity index (χ1v) is 13.2. The molecule has 0 aliphatic heterocycles. The second kappa shape index (κ2) is 9.64. The van der Waals surface area contributed by atoms with Crippen LogP contribution >= 0.6 is 0 Å². The first-order valence-electron chi connectivity index (χ1n) is 13.2. The third kappa shape index (κ3) is 4.44. The SMILES string of the molecule is CCCOc1ccc(CCC(=O)O[C@H]2CC[C@H]3[C@@H]4CCc5cc(O)ccc5[C@H]4CC[C@]23C)cc1. The number of aromatic hydroxyl groups is 1. The fraction of sp³-hybridized carbons (Fsp3) is 0.567. The van der Waals surface area contributed by atoms with Crippen molar-refractivity contribution in [3.63, 3.8) is 0 Å². The number of aryl methyl sites for hydroxylation is 2. The van der Waals surface area contributed by atoms with Gasteiger partial charge in [-0.05, 0) is 110 Å². The number of phenols is 1. The number of rotatable bonds is 7. The van der Waals surface area contributed by atoms with Crippen molar-refractivity contribution in [2.45, 2.75) is 83.7 Å². The van der Waals surface area contributed by atoms with Crippen molar-refractivity contribution in [1.82, 2.24) is 0 Å². The van der Waals surface area contributed by atoms with Crippen LogP contribution in [0.1, 0.15) is 81.4 Å². The monoisotopic (exact) mass is 462 g/mol. The molecule has 0 saturated heterocycles. The van der Waals surface area contributed by atoms with Gasteiger partial charge in [0.15, 0.2) is 0 Å². The van der Waals surface area contributed by atoms with Crippen LogP contribution in [0.4, 0.5) is 0 Å². The predicted molar refractivity (Wildman–Crippen MR) is 133 cm³/mol. The van der Waals surface area contributed by atoms with Crippen LogP contribution in [-0.2, 0) is 22.4 Å². The summed E-state index contributed by atoms with van der Waals surface area (Å²) in [5.74, 6) is 3.06. The average Bonchev–Trinajstić information content (AvgIpc) is 3.17. The topological polar surface area (TPSA) is 55.8 Å². The van der Waals surface area contributed by atoms with E-state index in [1.807, 2.05) is 36.4 Å². The van der Waals surface area contributed by atoms with Gasteiger partial charge in [-0.1, -0.05) is 32.0 Å². The molecule has 0 aromatic heterocycles. The molecule has 3 aliphatic carbocycles. The fourth-order valence-corrected chi connectivity index (χ4v) is 7.15. The summed E-state index contributed by atoms with van der Waals surface area (Å²) in [6.07, 6.45) is 8.79. The van der Waals surface area contributed by atoms with E-state index in [0.29, 0.717) is 36.3 Å². The molecule has 5 atom stereocenters. The number of hydrogen-bond donors (Lipinski definition) is 1. The van der Waals surface area contributed by atoms with Crippen molar-refractivity contribution in [2.75, 3.05) is 6.61 Å². The maximum absolute atomic E-state index is 12.8. The van der Waals surface area contributed by atoms with Gasteiger partial charge in [-0.15, -0.1) is 0 Å². The van der Waals surface area contributed by atoms with Crippen molar-refractivity contribution >= 4 is 5.97 Å². The molecule has 2 fully saturated rings. The lowest BCUT2D eigenvalue weighted by molar-refractivity contribution is -0.157. The Morgan fingerprint density at radius 2 is 1.91 bits per heavy atom. The standard InChI is InChI=1S/C30H38O4/c1-3-18-33-23-9-4-20(5-10-23)6-15-29(32)34-28-14-13-27-26-11-7-21-19-22(31)8-12-24(21)25(26)16-17-30(27,28)2/h4-5,8-10,12,19,25-28,31H,3,6-7,11,13-18H2,1-2H3/t25-,26-,27+,28+,30+/m1/s1. The van der Waals surface area contributed by atoms with Gasteiger partial charge in [0.2, 0.25) is 0 Å². The van der Waals surface area contributed by atoms with E-state index in [9.17, 15) is 9.90 Å². The third-order valence-electron chi connectivity index (χ3n) is 8.91. The number of hydrogen-bond acceptors (Lipinski definition) is 4. The van der Waals surface area contributed by atoms with Gasteiger partial charge in [-0.25, -0.2) is 0 Å². The number of fused-ring (bicyclic) bond motifs is 5. The van der Waals surface area contributed by atoms with Crippen molar-refractivity contribution in [1.29, 1.82) is 0 Å². The maximum Gasteiger partial charge on any atom is 0.306 e. The van der Waals surface area contributed by atoms with Crippen molar-refractivity contribution in [3.8, 4) is 11.5 Å². The Bertz CT molecular complexity index is 1010. The number of ether oxygens (including phenoxy) is 2. The van der Waals surface area contributed by atoms with Crippen LogP contribution < -0.4 is 4.74 Å². The lowest BCUT2D eigenvalue weighted by Crippen LogP contribution is -2.45. The molecule has 0 amide bonds. The van der Waals surface area contributed by atoms with Crippen LogP contribution in [0.5, 0.6) is 11.5 Å².